The lowest BCUT2D eigenvalue weighted by Gasteiger charge is -2.27. The minimum Gasteiger partial charge on any atom is -0.457 e. The Bertz CT molecular complexity index is 2550. The van der Waals surface area contributed by atoms with E-state index in [0.717, 1.165) is 60.8 Å². The van der Waals surface area contributed by atoms with E-state index >= 15 is 0 Å². The summed E-state index contributed by atoms with van der Waals surface area (Å²) in [4.78, 5) is 6.00. The third-order valence-electron chi connectivity index (χ3n) is 9.22. The van der Waals surface area contributed by atoms with Crippen LogP contribution in [0.2, 0.25) is 0 Å². The molecule has 0 aliphatic rings. The Labute approximate surface area is 284 Å². The first kappa shape index (κ1) is 28.6. The van der Waals surface area contributed by atoms with Crippen LogP contribution in [0.5, 0.6) is 0 Å². The fraction of sp³-hybridized carbons (Fsp3) is 0. The largest absolute Gasteiger partial charge is 0.457 e. The number of anilines is 3. The van der Waals surface area contributed by atoms with E-state index in [-0.39, 0.29) is 0 Å². The van der Waals surface area contributed by atoms with Gasteiger partial charge >= 0.3 is 0 Å². The van der Waals surface area contributed by atoms with Crippen LogP contribution in [0.3, 0.4) is 0 Å². The Kier molecular flexibility index (Phi) is 7.14. The number of aromatic nitrogens is 1. The van der Waals surface area contributed by atoms with Gasteiger partial charge in [-0.05, 0) is 81.6 Å². The number of rotatable bonds is 5. The number of nitrogens with one attached hydrogen (secondary N) is 1. The number of hydrogen-bond donors (Lipinski definition) is 1. The molecule has 0 spiro atoms. The highest BCUT2D eigenvalue weighted by molar-refractivity contribution is 6.15. The third-order valence-corrected chi connectivity index (χ3v) is 9.22. The van der Waals surface area contributed by atoms with Crippen molar-refractivity contribution >= 4 is 60.8 Å². The molecule has 49 heavy (non-hydrogen) atoms. The fourth-order valence-electron chi connectivity index (χ4n) is 6.87. The number of para-hydroxylation sites is 1. The predicted molar refractivity (Wildman–Crippen MR) is 206 cm³/mol. The molecular weight excluding hydrogens is 597 g/mol. The van der Waals surface area contributed by atoms with Gasteiger partial charge in [0.05, 0.1) is 5.69 Å². The van der Waals surface area contributed by atoms with Crippen molar-refractivity contribution in [2.45, 2.75) is 0 Å². The number of nitrogens with zero attached hydrogens (tertiary/aromatic N) is 1. The molecule has 3 heteroatoms. The second-order valence-corrected chi connectivity index (χ2v) is 12.3. The Morgan fingerprint density at radius 1 is 0.367 bits per heavy atom. The van der Waals surface area contributed by atoms with E-state index in [4.69, 9.17) is 4.42 Å². The minimum atomic E-state index is 0.776. The molecule has 0 saturated carbocycles. The second-order valence-electron chi connectivity index (χ2n) is 12.3. The highest BCUT2D eigenvalue weighted by Gasteiger charge is 2.18. The summed E-state index contributed by atoms with van der Waals surface area (Å²) in [6.45, 7) is 0. The molecule has 232 valence electrons. The summed E-state index contributed by atoms with van der Waals surface area (Å²) < 4.78 is 6.66. The van der Waals surface area contributed by atoms with Crippen molar-refractivity contribution in [3.63, 3.8) is 0 Å². The van der Waals surface area contributed by atoms with Crippen molar-refractivity contribution in [3.8, 4) is 22.3 Å². The number of aromatic amines is 1. The molecule has 9 aromatic rings. The lowest BCUT2D eigenvalue weighted by molar-refractivity contribution is 0.656. The Morgan fingerprint density at radius 3 is 1.59 bits per heavy atom. The standard InChI is InChI=1S/C46H32N2O/c1-3-11-32(12-4-1)34-21-25-37(26-22-34)48(38-27-23-35(24-28-38)33-13-5-2-6-14-33)46-31-40-30-44-41(18-10-19-43(44)46)42-17-7-8-20-45(42)47-36-15-9-16-39(29-36)49-40/h1-31,47H. The molecule has 4 bridgehead atoms. The van der Waals surface area contributed by atoms with Crippen molar-refractivity contribution in [1.82, 2.24) is 4.98 Å². The molecule has 0 saturated heterocycles. The van der Waals surface area contributed by atoms with Crippen molar-refractivity contribution in [2.24, 2.45) is 0 Å². The van der Waals surface area contributed by atoms with Crippen LogP contribution in [-0.4, -0.2) is 4.98 Å². The second kappa shape index (κ2) is 12.2. The predicted octanol–water partition coefficient (Wildman–Crippen LogP) is 13.1. The fourth-order valence-corrected chi connectivity index (χ4v) is 6.87. The summed E-state index contributed by atoms with van der Waals surface area (Å²) in [5.41, 5.74) is 11.5. The maximum Gasteiger partial charge on any atom is 0.130 e. The lowest BCUT2D eigenvalue weighted by Crippen LogP contribution is -2.10. The Hall–Kier alpha value is -6.58. The quantitative estimate of drug-likeness (QED) is 0.206. The lowest BCUT2D eigenvalue weighted by atomic mass is 9.99. The van der Waals surface area contributed by atoms with E-state index in [2.05, 4.69) is 186 Å². The molecule has 8 aromatic carbocycles. The number of hydrogen-bond acceptors (Lipinski definition) is 2. The maximum absolute atomic E-state index is 6.66. The van der Waals surface area contributed by atoms with Crippen molar-refractivity contribution < 1.29 is 4.42 Å². The van der Waals surface area contributed by atoms with E-state index < -0.39 is 0 Å². The summed E-state index contributed by atoms with van der Waals surface area (Å²) >= 11 is 0. The van der Waals surface area contributed by atoms with Crippen LogP contribution in [0.4, 0.5) is 17.1 Å². The van der Waals surface area contributed by atoms with Gasteiger partial charge in [0.25, 0.3) is 0 Å². The van der Waals surface area contributed by atoms with Crippen LogP contribution >= 0.6 is 0 Å². The molecule has 0 unspecified atom stereocenters. The molecule has 0 fully saturated rings. The van der Waals surface area contributed by atoms with Crippen molar-refractivity contribution in [1.29, 1.82) is 0 Å². The zero-order chi connectivity index (χ0) is 32.6. The number of fused-ring (bicyclic) bond motifs is 5. The van der Waals surface area contributed by atoms with Gasteiger partial charge in [-0.3, -0.25) is 0 Å². The van der Waals surface area contributed by atoms with Gasteiger partial charge in [0, 0.05) is 45.3 Å². The van der Waals surface area contributed by atoms with Crippen LogP contribution < -0.4 is 4.90 Å². The van der Waals surface area contributed by atoms with Gasteiger partial charge in [-0.25, -0.2) is 0 Å². The average molecular weight is 629 g/mol. The molecule has 1 heterocycles. The average Bonchev–Trinajstić information content (AvgIpc) is 3.17. The molecule has 1 N–H and O–H groups in total. The molecule has 0 atom stereocenters. The van der Waals surface area contributed by atoms with Gasteiger partial charge in [0.15, 0.2) is 0 Å². The Balaban J connectivity index is 1.33. The van der Waals surface area contributed by atoms with Gasteiger partial charge in [-0.15, -0.1) is 0 Å². The molecule has 0 aliphatic heterocycles. The zero-order valence-corrected chi connectivity index (χ0v) is 26.8. The maximum atomic E-state index is 6.66. The Morgan fingerprint density at radius 2 is 0.918 bits per heavy atom. The number of H-pyrrole nitrogens is 1. The molecule has 0 radical (unpaired) electrons. The van der Waals surface area contributed by atoms with Gasteiger partial charge in [0.1, 0.15) is 11.2 Å². The zero-order valence-electron chi connectivity index (χ0n) is 26.8. The first-order chi connectivity index (χ1) is 24.3. The first-order valence-electron chi connectivity index (χ1n) is 16.6. The molecule has 3 nitrogen and oxygen atoms in total. The monoisotopic (exact) mass is 628 g/mol. The molecule has 0 amide bonds. The van der Waals surface area contributed by atoms with Crippen LogP contribution in [0.25, 0.3) is 66.0 Å². The summed E-state index contributed by atoms with van der Waals surface area (Å²) in [5, 5.41) is 4.52. The van der Waals surface area contributed by atoms with Gasteiger partial charge in [-0.1, -0.05) is 127 Å². The first-order valence-corrected chi connectivity index (χ1v) is 16.6. The summed E-state index contributed by atoms with van der Waals surface area (Å²) in [6, 6.07) is 66.3. The summed E-state index contributed by atoms with van der Waals surface area (Å²) in [7, 11) is 0. The van der Waals surface area contributed by atoms with E-state index in [1.807, 2.05) is 12.1 Å². The van der Waals surface area contributed by atoms with Crippen LogP contribution in [0, 0.1) is 0 Å². The van der Waals surface area contributed by atoms with Gasteiger partial charge in [0.2, 0.25) is 0 Å². The highest BCUT2D eigenvalue weighted by atomic mass is 16.3. The molecule has 1 aromatic heterocycles. The van der Waals surface area contributed by atoms with Crippen molar-refractivity contribution in [2.75, 3.05) is 4.90 Å². The normalized spacial score (nSPS) is 11.3. The topological polar surface area (TPSA) is 32.2 Å². The molecular formula is C46H32N2O. The highest BCUT2D eigenvalue weighted by Crippen LogP contribution is 2.42. The minimum absolute atomic E-state index is 0.776. The molecule has 0 aliphatic carbocycles. The van der Waals surface area contributed by atoms with E-state index in [1.54, 1.807) is 0 Å². The molecule has 9 rings (SSSR count). The van der Waals surface area contributed by atoms with E-state index in [0.29, 0.717) is 0 Å². The van der Waals surface area contributed by atoms with E-state index in [1.165, 1.54) is 22.3 Å². The van der Waals surface area contributed by atoms with Gasteiger partial charge < -0.3 is 14.3 Å². The third kappa shape index (κ3) is 5.48. The summed E-state index contributed by atoms with van der Waals surface area (Å²) in [5.74, 6) is 0. The summed E-state index contributed by atoms with van der Waals surface area (Å²) in [6.07, 6.45) is 0. The van der Waals surface area contributed by atoms with Gasteiger partial charge in [-0.2, -0.15) is 0 Å². The SMILES string of the molecule is c1ccc(-c2ccc(N(c3ccc(-c4ccccc4)cc3)c3cc4cc5c3cccc5c3ccccc3[nH]c3cccc(c3)o4)cc2)cc1. The van der Waals surface area contributed by atoms with E-state index in [9.17, 15) is 0 Å². The van der Waals surface area contributed by atoms with Crippen LogP contribution in [-0.2, 0) is 0 Å². The smallest absolute Gasteiger partial charge is 0.130 e. The van der Waals surface area contributed by atoms with Crippen molar-refractivity contribution in [3.05, 3.63) is 188 Å². The van der Waals surface area contributed by atoms with Crippen LogP contribution in [0.15, 0.2) is 192 Å². The number of benzene rings is 8. The van der Waals surface area contributed by atoms with Crippen LogP contribution in [0.1, 0.15) is 0 Å².